The summed E-state index contributed by atoms with van der Waals surface area (Å²) in [5.41, 5.74) is 0.988. The van der Waals surface area contributed by atoms with Crippen LogP contribution in [0.15, 0.2) is 35.7 Å². The molecule has 1 heterocycles. The summed E-state index contributed by atoms with van der Waals surface area (Å²) in [5.74, 6) is 0.363. The van der Waals surface area contributed by atoms with E-state index in [2.05, 4.69) is 23.6 Å². The van der Waals surface area contributed by atoms with Crippen LogP contribution in [-0.2, 0) is 21.2 Å². The maximum atomic E-state index is 12.7. The lowest BCUT2D eigenvalue weighted by Gasteiger charge is -2.36. The van der Waals surface area contributed by atoms with Gasteiger partial charge < -0.3 is 0 Å². The quantitative estimate of drug-likeness (QED) is 0.744. The van der Waals surface area contributed by atoms with Crippen LogP contribution in [0, 0.1) is 16.7 Å². The van der Waals surface area contributed by atoms with Crippen molar-refractivity contribution in [2.45, 2.75) is 39.5 Å². The molecular formula is C21H26N2O3S2. The lowest BCUT2D eigenvalue weighted by atomic mass is 9.70. The minimum absolute atomic E-state index is 0.0886. The third-order valence-electron chi connectivity index (χ3n) is 6.85. The van der Waals surface area contributed by atoms with Crippen LogP contribution in [0.4, 0.5) is 0 Å². The summed E-state index contributed by atoms with van der Waals surface area (Å²) < 4.78 is 28.2. The van der Waals surface area contributed by atoms with Gasteiger partial charge in [0.15, 0.2) is 0 Å². The molecule has 2 saturated carbocycles. The zero-order chi connectivity index (χ0) is 20.0. The maximum absolute atomic E-state index is 12.7. The Morgan fingerprint density at radius 1 is 1.25 bits per heavy atom. The van der Waals surface area contributed by atoms with Crippen molar-refractivity contribution in [3.8, 4) is 10.6 Å². The molecule has 0 radical (unpaired) electrons. The van der Waals surface area contributed by atoms with Gasteiger partial charge in [-0.15, -0.1) is 11.3 Å². The predicted octanol–water partition coefficient (Wildman–Crippen LogP) is 3.67. The van der Waals surface area contributed by atoms with E-state index in [1.807, 2.05) is 35.7 Å². The van der Waals surface area contributed by atoms with Crippen molar-refractivity contribution in [1.82, 2.24) is 9.71 Å². The number of aromatic nitrogens is 1. The van der Waals surface area contributed by atoms with Crippen LogP contribution in [-0.4, -0.2) is 31.5 Å². The standard InChI is InChI=1S/C21H26N2O3S2/c1-20(2)16-8-10-21(20,18(24)12-16)14-28(25,26)22-11-9-17-13-27-19(23-17)15-6-4-3-5-7-15/h3-7,13,16,22H,8-12,14H2,1-2H3/t16-,21+/m1/s1. The molecular weight excluding hydrogens is 392 g/mol. The second kappa shape index (κ2) is 7.04. The van der Waals surface area contributed by atoms with Gasteiger partial charge in [0.1, 0.15) is 10.8 Å². The van der Waals surface area contributed by atoms with Gasteiger partial charge in [-0.25, -0.2) is 18.1 Å². The molecule has 1 aromatic carbocycles. The van der Waals surface area contributed by atoms with Crippen LogP contribution in [0.1, 0.15) is 38.8 Å². The van der Waals surface area contributed by atoms with Crippen LogP contribution in [0.3, 0.4) is 0 Å². The number of hydrogen-bond acceptors (Lipinski definition) is 5. The molecule has 0 amide bonds. The molecule has 7 heteroatoms. The smallest absolute Gasteiger partial charge is 0.212 e. The van der Waals surface area contributed by atoms with E-state index in [-0.39, 0.29) is 17.0 Å². The molecule has 1 aromatic heterocycles. The molecule has 0 spiro atoms. The first-order valence-electron chi connectivity index (χ1n) is 9.74. The molecule has 150 valence electrons. The molecule has 2 fully saturated rings. The topological polar surface area (TPSA) is 76.1 Å². The minimum Gasteiger partial charge on any atom is -0.299 e. The SMILES string of the molecule is CC1(C)[C@@H]2CC[C@]1(CS(=O)(=O)NCCc1csc(-c3ccccc3)n1)C(=O)C2. The molecule has 2 aromatic rings. The molecule has 2 atom stereocenters. The molecule has 5 nitrogen and oxygen atoms in total. The average Bonchev–Trinajstić information content (AvgIpc) is 3.25. The van der Waals surface area contributed by atoms with E-state index in [0.29, 0.717) is 31.7 Å². The van der Waals surface area contributed by atoms with Crippen LogP contribution in [0.25, 0.3) is 10.6 Å². The number of carbonyl (C=O) groups is 1. The van der Waals surface area contributed by atoms with Gasteiger partial charge in [0.05, 0.1) is 11.4 Å². The molecule has 2 aliphatic rings. The predicted molar refractivity (Wildman–Crippen MR) is 112 cm³/mol. The fraction of sp³-hybridized carbons (Fsp3) is 0.524. The number of benzene rings is 1. The van der Waals surface area contributed by atoms with Gasteiger partial charge in [-0.1, -0.05) is 44.2 Å². The molecule has 0 unspecified atom stereocenters. The average molecular weight is 419 g/mol. The van der Waals surface area contributed by atoms with Crippen molar-refractivity contribution < 1.29 is 13.2 Å². The number of carbonyl (C=O) groups excluding carboxylic acids is 1. The second-order valence-corrected chi connectivity index (χ2v) is 11.2. The number of Topliss-reactive ketones (excluding diaryl/α,β-unsaturated/α-hetero) is 1. The Hall–Kier alpha value is -1.57. The van der Waals surface area contributed by atoms with E-state index >= 15 is 0 Å². The van der Waals surface area contributed by atoms with Gasteiger partial charge in [0.2, 0.25) is 10.0 Å². The first kappa shape index (κ1) is 19.7. The summed E-state index contributed by atoms with van der Waals surface area (Å²) in [6.45, 7) is 4.42. The fourth-order valence-corrected chi connectivity index (χ4v) is 7.65. The summed E-state index contributed by atoms with van der Waals surface area (Å²) in [4.78, 5) is 17.2. The molecule has 0 aliphatic heterocycles. The Kier molecular flexibility index (Phi) is 4.96. The van der Waals surface area contributed by atoms with Crippen molar-refractivity contribution >= 4 is 27.1 Å². The van der Waals surface area contributed by atoms with Crippen LogP contribution in [0.2, 0.25) is 0 Å². The fourth-order valence-electron chi connectivity index (χ4n) is 4.95. The largest absolute Gasteiger partial charge is 0.299 e. The van der Waals surface area contributed by atoms with Crippen molar-refractivity contribution in [3.63, 3.8) is 0 Å². The summed E-state index contributed by atoms with van der Waals surface area (Å²) in [6.07, 6.45) is 2.71. The van der Waals surface area contributed by atoms with Crippen molar-refractivity contribution in [3.05, 3.63) is 41.4 Å². The normalized spacial score (nSPS) is 26.1. The molecule has 0 saturated heterocycles. The summed E-state index contributed by atoms with van der Waals surface area (Å²) in [5, 5.41) is 2.91. The van der Waals surface area contributed by atoms with Gasteiger partial charge >= 0.3 is 0 Å². The highest BCUT2D eigenvalue weighted by atomic mass is 32.2. The molecule has 2 bridgehead atoms. The Labute approximate surface area is 170 Å². The van der Waals surface area contributed by atoms with Crippen LogP contribution >= 0.6 is 11.3 Å². The number of nitrogens with zero attached hydrogens (tertiary/aromatic N) is 1. The first-order chi connectivity index (χ1) is 13.2. The Morgan fingerprint density at radius 3 is 2.64 bits per heavy atom. The Bertz CT molecular complexity index is 982. The zero-order valence-electron chi connectivity index (χ0n) is 16.3. The van der Waals surface area contributed by atoms with E-state index < -0.39 is 15.4 Å². The van der Waals surface area contributed by atoms with Crippen LogP contribution < -0.4 is 4.72 Å². The van der Waals surface area contributed by atoms with E-state index in [0.717, 1.165) is 22.7 Å². The van der Waals surface area contributed by atoms with Gasteiger partial charge in [-0.2, -0.15) is 0 Å². The maximum Gasteiger partial charge on any atom is 0.212 e. The Morgan fingerprint density at radius 2 is 2.00 bits per heavy atom. The number of nitrogens with one attached hydrogen (secondary N) is 1. The first-order valence-corrected chi connectivity index (χ1v) is 12.3. The number of thiazole rings is 1. The molecule has 1 N–H and O–H groups in total. The minimum atomic E-state index is -3.52. The number of rotatable bonds is 7. The molecule has 2 aliphatic carbocycles. The van der Waals surface area contributed by atoms with Crippen LogP contribution in [0.5, 0.6) is 0 Å². The molecule has 28 heavy (non-hydrogen) atoms. The zero-order valence-corrected chi connectivity index (χ0v) is 17.9. The number of sulfonamides is 1. The lowest BCUT2D eigenvalue weighted by molar-refractivity contribution is -0.128. The monoisotopic (exact) mass is 418 g/mol. The number of hydrogen-bond donors (Lipinski definition) is 1. The third kappa shape index (κ3) is 3.33. The summed E-state index contributed by atoms with van der Waals surface area (Å²) in [6, 6.07) is 9.95. The van der Waals surface area contributed by atoms with E-state index in [1.54, 1.807) is 11.3 Å². The summed E-state index contributed by atoms with van der Waals surface area (Å²) >= 11 is 1.56. The highest BCUT2D eigenvalue weighted by Gasteiger charge is 2.65. The van der Waals surface area contributed by atoms with Crippen molar-refractivity contribution in [2.75, 3.05) is 12.3 Å². The number of ketones is 1. The van der Waals surface area contributed by atoms with Gasteiger partial charge in [-0.3, -0.25) is 4.79 Å². The third-order valence-corrected chi connectivity index (χ3v) is 9.31. The van der Waals surface area contributed by atoms with Gasteiger partial charge in [0, 0.05) is 35.7 Å². The van der Waals surface area contributed by atoms with E-state index in [9.17, 15) is 13.2 Å². The van der Waals surface area contributed by atoms with E-state index in [1.165, 1.54) is 0 Å². The van der Waals surface area contributed by atoms with Crippen molar-refractivity contribution in [2.24, 2.45) is 16.7 Å². The number of fused-ring (bicyclic) bond motifs is 2. The highest BCUT2D eigenvalue weighted by molar-refractivity contribution is 7.89. The lowest BCUT2D eigenvalue weighted by Crippen LogP contribution is -2.45. The van der Waals surface area contributed by atoms with Gasteiger partial charge in [-0.05, 0) is 24.2 Å². The Balaban J connectivity index is 1.38. The van der Waals surface area contributed by atoms with E-state index in [4.69, 9.17) is 0 Å². The molecule has 4 rings (SSSR count). The second-order valence-electron chi connectivity index (χ2n) is 8.58. The van der Waals surface area contributed by atoms with Crippen molar-refractivity contribution in [1.29, 1.82) is 0 Å². The highest BCUT2D eigenvalue weighted by Crippen LogP contribution is 2.64. The van der Waals surface area contributed by atoms with Gasteiger partial charge in [0.25, 0.3) is 0 Å². The summed E-state index contributed by atoms with van der Waals surface area (Å²) in [7, 11) is -3.52.